The number of sulfonamides is 1. The van der Waals surface area contributed by atoms with Crippen LogP contribution in [-0.2, 0) is 22.6 Å². The smallest absolute Gasteiger partial charge is 0.352 e. The Hall–Kier alpha value is -3.12. The molecular weight excluding hydrogens is 473 g/mol. The van der Waals surface area contributed by atoms with Gasteiger partial charge in [0.2, 0.25) is 0 Å². The maximum atomic E-state index is 12.8. The summed E-state index contributed by atoms with van der Waals surface area (Å²) in [5, 5.41) is 4.21. The number of benzene rings is 2. The van der Waals surface area contributed by atoms with E-state index in [-0.39, 0.29) is 17.0 Å². The quantitative estimate of drug-likeness (QED) is 0.544. The van der Waals surface area contributed by atoms with E-state index in [1.807, 2.05) is 4.72 Å². The second-order valence-corrected chi connectivity index (χ2v) is 9.50. The van der Waals surface area contributed by atoms with Gasteiger partial charge in [-0.25, -0.2) is 22.9 Å². The number of nitrogens with zero attached hydrogens (tertiary/aromatic N) is 1. The van der Waals surface area contributed by atoms with E-state index in [4.69, 9.17) is 0 Å². The summed E-state index contributed by atoms with van der Waals surface area (Å²) >= 11 is 0. The van der Waals surface area contributed by atoms with Gasteiger partial charge in [-0.3, -0.25) is 10.2 Å². The third-order valence-corrected chi connectivity index (χ3v) is 6.57. The molecule has 3 rings (SSSR count). The Kier molecular flexibility index (Phi) is 8.15. The third-order valence-electron chi connectivity index (χ3n) is 5.23. The Morgan fingerprint density at radius 3 is 2.29 bits per heavy atom. The average molecular weight is 499 g/mol. The Morgan fingerprint density at radius 1 is 0.971 bits per heavy atom. The van der Waals surface area contributed by atoms with Gasteiger partial charge in [0.25, 0.3) is 15.9 Å². The molecule has 0 unspecified atom stereocenters. The van der Waals surface area contributed by atoms with Gasteiger partial charge in [-0.15, -0.1) is 0 Å². The maximum Gasteiger partial charge on any atom is 0.416 e. The number of alkyl halides is 3. The van der Waals surface area contributed by atoms with Crippen molar-refractivity contribution in [1.29, 1.82) is 0 Å². The normalized spacial score (nSPS) is 14.9. The van der Waals surface area contributed by atoms with E-state index in [1.54, 1.807) is 5.01 Å². The molecule has 1 saturated heterocycles. The molecule has 1 fully saturated rings. The molecule has 3 amide bonds. The molecule has 184 valence electrons. The van der Waals surface area contributed by atoms with Crippen LogP contribution in [0.5, 0.6) is 0 Å². The van der Waals surface area contributed by atoms with Crippen LogP contribution >= 0.6 is 0 Å². The number of amides is 3. The van der Waals surface area contributed by atoms with Crippen molar-refractivity contribution in [2.24, 2.45) is 0 Å². The zero-order chi connectivity index (χ0) is 24.8. The van der Waals surface area contributed by atoms with E-state index in [0.717, 1.165) is 37.5 Å². The van der Waals surface area contributed by atoms with Crippen molar-refractivity contribution in [3.05, 3.63) is 65.2 Å². The number of hydrogen-bond donors (Lipinski definition) is 3. The van der Waals surface area contributed by atoms with Gasteiger partial charge >= 0.3 is 12.2 Å². The molecular formula is C22H25F3N4O4S. The monoisotopic (exact) mass is 498 g/mol. The summed E-state index contributed by atoms with van der Waals surface area (Å²) in [7, 11) is -4.06. The fourth-order valence-electron chi connectivity index (χ4n) is 3.45. The summed E-state index contributed by atoms with van der Waals surface area (Å²) < 4.78 is 65.2. The van der Waals surface area contributed by atoms with Crippen LogP contribution in [0.1, 0.15) is 40.7 Å². The van der Waals surface area contributed by atoms with E-state index < -0.39 is 33.7 Å². The van der Waals surface area contributed by atoms with Gasteiger partial charge in [0, 0.05) is 25.2 Å². The van der Waals surface area contributed by atoms with Gasteiger partial charge in [0.15, 0.2) is 0 Å². The Labute approximate surface area is 195 Å². The molecule has 0 saturated carbocycles. The van der Waals surface area contributed by atoms with Crippen LogP contribution in [0.25, 0.3) is 0 Å². The zero-order valence-electron chi connectivity index (χ0n) is 18.2. The largest absolute Gasteiger partial charge is 0.416 e. The molecule has 1 aliphatic heterocycles. The minimum absolute atomic E-state index is 0.0990. The zero-order valence-corrected chi connectivity index (χ0v) is 19.0. The van der Waals surface area contributed by atoms with Gasteiger partial charge in [-0.1, -0.05) is 24.6 Å². The number of hydrazine groups is 1. The predicted molar refractivity (Wildman–Crippen MR) is 118 cm³/mol. The maximum absolute atomic E-state index is 12.8. The van der Waals surface area contributed by atoms with Crippen molar-refractivity contribution in [3.8, 4) is 0 Å². The number of carbonyl (C=O) groups is 2. The summed E-state index contributed by atoms with van der Waals surface area (Å²) in [6.45, 7) is 1.45. The third kappa shape index (κ3) is 7.19. The van der Waals surface area contributed by atoms with Gasteiger partial charge in [-0.2, -0.15) is 13.2 Å². The topological polar surface area (TPSA) is 108 Å². The first kappa shape index (κ1) is 25.5. The van der Waals surface area contributed by atoms with Crippen molar-refractivity contribution in [3.63, 3.8) is 0 Å². The van der Waals surface area contributed by atoms with Crippen LogP contribution in [0, 0.1) is 0 Å². The van der Waals surface area contributed by atoms with Crippen LogP contribution in [0.2, 0.25) is 0 Å². The molecule has 0 aromatic heterocycles. The Morgan fingerprint density at radius 2 is 1.65 bits per heavy atom. The minimum Gasteiger partial charge on any atom is -0.352 e. The van der Waals surface area contributed by atoms with Crippen molar-refractivity contribution >= 4 is 22.0 Å². The number of urea groups is 1. The van der Waals surface area contributed by atoms with Gasteiger partial charge in [-0.05, 0) is 55.2 Å². The highest BCUT2D eigenvalue weighted by atomic mass is 32.2. The molecule has 8 nitrogen and oxygen atoms in total. The van der Waals surface area contributed by atoms with Crippen molar-refractivity contribution < 1.29 is 31.2 Å². The van der Waals surface area contributed by atoms with Crippen LogP contribution in [0.3, 0.4) is 0 Å². The van der Waals surface area contributed by atoms with E-state index in [0.29, 0.717) is 25.1 Å². The van der Waals surface area contributed by atoms with E-state index in [1.165, 1.54) is 30.3 Å². The number of carbonyl (C=O) groups excluding carboxylic acids is 2. The number of halogens is 3. The fraction of sp³-hybridized carbons (Fsp3) is 0.364. The Balaban J connectivity index is 1.50. The molecule has 3 N–H and O–H groups in total. The molecule has 1 aliphatic rings. The number of rotatable bonds is 7. The molecule has 0 radical (unpaired) electrons. The van der Waals surface area contributed by atoms with Crippen molar-refractivity contribution in [2.75, 3.05) is 19.6 Å². The molecule has 2 aromatic rings. The molecule has 12 heteroatoms. The molecule has 34 heavy (non-hydrogen) atoms. The number of hydrogen-bond acceptors (Lipinski definition) is 5. The highest BCUT2D eigenvalue weighted by Crippen LogP contribution is 2.29. The molecule has 1 heterocycles. The summed E-state index contributed by atoms with van der Waals surface area (Å²) in [5.74, 6) is -0.644. The number of nitrogens with one attached hydrogen (secondary N) is 3. The highest BCUT2D eigenvalue weighted by molar-refractivity contribution is 7.90. The van der Waals surface area contributed by atoms with E-state index in [2.05, 4.69) is 10.7 Å². The predicted octanol–water partition coefficient (Wildman–Crippen LogP) is 3.07. The second kappa shape index (κ2) is 10.9. The van der Waals surface area contributed by atoms with Crippen molar-refractivity contribution in [2.45, 2.75) is 36.8 Å². The summed E-state index contributed by atoms with van der Waals surface area (Å²) in [6.07, 6.45) is -1.29. The Bertz CT molecular complexity index is 1120. The lowest BCUT2D eigenvalue weighted by Crippen LogP contribution is -2.50. The van der Waals surface area contributed by atoms with Gasteiger partial charge in [0.05, 0.1) is 10.5 Å². The fourth-order valence-corrected chi connectivity index (χ4v) is 4.35. The molecule has 0 aliphatic carbocycles. The molecule has 0 bridgehead atoms. The van der Waals surface area contributed by atoms with Crippen LogP contribution in [0.4, 0.5) is 18.0 Å². The van der Waals surface area contributed by atoms with Crippen LogP contribution in [0.15, 0.2) is 53.4 Å². The molecule has 2 aromatic carbocycles. The lowest BCUT2D eigenvalue weighted by molar-refractivity contribution is -0.137. The molecule has 0 atom stereocenters. The summed E-state index contributed by atoms with van der Waals surface area (Å²) in [5.41, 5.74) is 2.20. The first-order valence-electron chi connectivity index (χ1n) is 10.7. The average Bonchev–Trinajstić information content (AvgIpc) is 2.79. The first-order chi connectivity index (χ1) is 16.0. The van der Waals surface area contributed by atoms with Gasteiger partial charge < -0.3 is 5.32 Å². The summed E-state index contributed by atoms with van der Waals surface area (Å²) in [4.78, 5) is 24.1. The SMILES string of the molecule is O=C(NN1CCCCC1)NS(=O)(=O)c1ccc(CCNC(=O)c2cccc(C(F)(F)F)c2)cc1. The van der Waals surface area contributed by atoms with E-state index in [9.17, 15) is 31.2 Å². The second-order valence-electron chi connectivity index (χ2n) is 7.82. The molecule has 0 spiro atoms. The van der Waals surface area contributed by atoms with Crippen molar-refractivity contribution in [1.82, 2.24) is 20.5 Å². The van der Waals surface area contributed by atoms with Gasteiger partial charge in [0.1, 0.15) is 0 Å². The lowest BCUT2D eigenvalue weighted by Gasteiger charge is -2.26. The summed E-state index contributed by atoms with van der Waals surface area (Å²) in [6, 6.07) is 9.03. The number of piperidine rings is 1. The van der Waals surface area contributed by atoms with Crippen LogP contribution in [-0.4, -0.2) is 45.0 Å². The first-order valence-corrected chi connectivity index (χ1v) is 12.2. The standard InChI is InChI=1S/C22H25F3N4O4S/c23-22(24,25)18-6-4-5-17(15-18)20(30)26-12-11-16-7-9-19(10-8-16)34(32,33)28-21(31)27-29-13-2-1-3-14-29/h4-10,15H,1-3,11-14H2,(H,26,30)(H2,27,28,31). The minimum atomic E-state index is -4.54. The highest BCUT2D eigenvalue weighted by Gasteiger charge is 2.30. The lowest BCUT2D eigenvalue weighted by atomic mass is 10.1. The van der Waals surface area contributed by atoms with Crippen LogP contribution < -0.4 is 15.5 Å². The van der Waals surface area contributed by atoms with E-state index >= 15 is 0 Å².